The van der Waals surface area contributed by atoms with Gasteiger partial charge in [0.1, 0.15) is 4.21 Å². The smallest absolute Gasteiger partial charge is 0.273 e. The lowest BCUT2D eigenvalue weighted by Crippen LogP contribution is -2.29. The summed E-state index contributed by atoms with van der Waals surface area (Å²) in [6.45, 7) is 0.462. The van der Waals surface area contributed by atoms with E-state index in [0.717, 1.165) is 5.56 Å². The van der Waals surface area contributed by atoms with E-state index in [2.05, 4.69) is 0 Å². The minimum atomic E-state index is -3.46. The van der Waals surface area contributed by atoms with Crippen LogP contribution in [0.4, 0.5) is 11.4 Å². The van der Waals surface area contributed by atoms with E-state index in [9.17, 15) is 8.42 Å². The molecule has 4 nitrogen and oxygen atoms in total. The van der Waals surface area contributed by atoms with E-state index in [1.807, 2.05) is 12.1 Å². The molecule has 0 aliphatic carbocycles. The van der Waals surface area contributed by atoms with Crippen LogP contribution in [-0.4, -0.2) is 15.0 Å². The Morgan fingerprint density at radius 1 is 1.22 bits per heavy atom. The Labute approximate surface area is 110 Å². The van der Waals surface area contributed by atoms with Crippen molar-refractivity contribution in [1.82, 2.24) is 0 Å². The van der Waals surface area contributed by atoms with Crippen molar-refractivity contribution in [3.8, 4) is 0 Å². The fourth-order valence-corrected chi connectivity index (χ4v) is 4.84. The van der Waals surface area contributed by atoms with Gasteiger partial charge in [0.05, 0.1) is 11.4 Å². The summed E-state index contributed by atoms with van der Waals surface area (Å²) in [7, 11) is -3.46. The first-order valence-corrected chi connectivity index (χ1v) is 7.86. The fraction of sp³-hybridized carbons (Fsp3) is 0.167. The molecule has 1 aromatic carbocycles. The summed E-state index contributed by atoms with van der Waals surface area (Å²) in [6.07, 6.45) is 0.713. The molecular formula is C12H12N2O2S2. The Kier molecular flexibility index (Phi) is 2.57. The highest BCUT2D eigenvalue weighted by Crippen LogP contribution is 2.38. The molecule has 2 heterocycles. The van der Waals surface area contributed by atoms with Crippen LogP contribution in [0.5, 0.6) is 0 Å². The topological polar surface area (TPSA) is 63.4 Å². The maximum atomic E-state index is 12.5. The van der Waals surface area contributed by atoms with E-state index in [-0.39, 0.29) is 0 Å². The Morgan fingerprint density at radius 3 is 2.78 bits per heavy atom. The number of fused-ring (bicyclic) bond motifs is 1. The average molecular weight is 280 g/mol. The van der Waals surface area contributed by atoms with Crippen LogP contribution < -0.4 is 10.0 Å². The third kappa shape index (κ3) is 1.60. The van der Waals surface area contributed by atoms with Gasteiger partial charge in [0.2, 0.25) is 0 Å². The van der Waals surface area contributed by atoms with Gasteiger partial charge in [-0.1, -0.05) is 18.2 Å². The molecule has 6 heteroatoms. The molecule has 0 amide bonds. The molecule has 94 valence electrons. The van der Waals surface area contributed by atoms with Crippen LogP contribution >= 0.6 is 11.3 Å². The zero-order valence-corrected chi connectivity index (χ0v) is 11.2. The van der Waals surface area contributed by atoms with Gasteiger partial charge in [0, 0.05) is 6.54 Å². The number of benzene rings is 1. The highest BCUT2D eigenvalue weighted by molar-refractivity contribution is 7.94. The molecule has 0 unspecified atom stereocenters. The van der Waals surface area contributed by atoms with Crippen LogP contribution in [0.15, 0.2) is 39.9 Å². The quantitative estimate of drug-likeness (QED) is 0.857. The Bertz CT molecular complexity index is 678. The van der Waals surface area contributed by atoms with Crippen molar-refractivity contribution in [3.63, 3.8) is 0 Å². The normalized spacial score (nSPS) is 14.8. The maximum absolute atomic E-state index is 12.5. The SMILES string of the molecule is Nc1cccc2c1N(S(=O)(=O)c1cccs1)CC2. The van der Waals surface area contributed by atoms with Crippen molar-refractivity contribution in [3.05, 3.63) is 41.3 Å². The van der Waals surface area contributed by atoms with E-state index < -0.39 is 10.0 Å². The van der Waals surface area contributed by atoms with E-state index in [4.69, 9.17) is 5.73 Å². The summed E-state index contributed by atoms with van der Waals surface area (Å²) < 4.78 is 26.8. The largest absolute Gasteiger partial charge is 0.397 e. The van der Waals surface area contributed by atoms with Gasteiger partial charge in [-0.3, -0.25) is 4.31 Å². The number of nitrogens with zero attached hydrogens (tertiary/aromatic N) is 1. The van der Waals surface area contributed by atoms with E-state index in [1.165, 1.54) is 15.6 Å². The van der Waals surface area contributed by atoms with E-state index in [0.29, 0.717) is 28.5 Å². The van der Waals surface area contributed by atoms with Crippen LogP contribution in [0.2, 0.25) is 0 Å². The molecular weight excluding hydrogens is 268 g/mol. The number of sulfonamides is 1. The minimum absolute atomic E-state index is 0.360. The molecule has 1 aliphatic heterocycles. The van der Waals surface area contributed by atoms with E-state index in [1.54, 1.807) is 23.6 Å². The molecule has 18 heavy (non-hydrogen) atoms. The summed E-state index contributed by atoms with van der Waals surface area (Å²) >= 11 is 1.23. The van der Waals surface area contributed by atoms with Crippen LogP contribution in [0, 0.1) is 0 Å². The average Bonchev–Trinajstić information content (AvgIpc) is 2.99. The monoisotopic (exact) mass is 280 g/mol. The Hall–Kier alpha value is -1.53. The van der Waals surface area contributed by atoms with Crippen molar-refractivity contribution >= 4 is 32.7 Å². The number of para-hydroxylation sites is 1. The van der Waals surface area contributed by atoms with Gasteiger partial charge in [-0.15, -0.1) is 11.3 Å². The molecule has 0 radical (unpaired) electrons. The summed E-state index contributed by atoms with van der Waals surface area (Å²) in [5.41, 5.74) is 8.07. The Balaban J connectivity index is 2.13. The second-order valence-electron chi connectivity index (χ2n) is 4.11. The molecule has 0 bridgehead atoms. The lowest BCUT2D eigenvalue weighted by molar-refractivity contribution is 0.594. The highest BCUT2D eigenvalue weighted by Gasteiger charge is 2.32. The predicted octanol–water partition coefficient (Wildman–Crippen LogP) is 2.08. The van der Waals surface area contributed by atoms with Crippen molar-refractivity contribution in [2.75, 3.05) is 16.6 Å². The lowest BCUT2D eigenvalue weighted by atomic mass is 10.1. The van der Waals surface area contributed by atoms with Gasteiger partial charge >= 0.3 is 0 Å². The van der Waals surface area contributed by atoms with Crippen LogP contribution in [0.3, 0.4) is 0 Å². The molecule has 0 saturated heterocycles. The molecule has 1 aromatic heterocycles. The number of nitrogen functional groups attached to an aromatic ring is 1. The van der Waals surface area contributed by atoms with E-state index >= 15 is 0 Å². The highest BCUT2D eigenvalue weighted by atomic mass is 32.2. The van der Waals surface area contributed by atoms with Gasteiger partial charge in [-0.2, -0.15) is 0 Å². The molecule has 0 spiro atoms. The zero-order valence-electron chi connectivity index (χ0n) is 9.54. The summed E-state index contributed by atoms with van der Waals surface area (Å²) in [5, 5.41) is 1.76. The fourth-order valence-electron chi connectivity index (χ4n) is 2.21. The van der Waals surface area contributed by atoms with Crippen molar-refractivity contribution in [2.24, 2.45) is 0 Å². The number of hydrogen-bond acceptors (Lipinski definition) is 4. The molecule has 0 fully saturated rings. The van der Waals surface area contributed by atoms with Crippen molar-refractivity contribution in [2.45, 2.75) is 10.6 Å². The summed E-state index contributed by atoms with van der Waals surface area (Å²) in [4.78, 5) is 0. The molecule has 2 N–H and O–H groups in total. The third-order valence-corrected chi connectivity index (χ3v) is 6.20. The second-order valence-corrected chi connectivity index (χ2v) is 7.15. The standard InChI is InChI=1S/C12H12N2O2S2/c13-10-4-1-3-9-6-7-14(12(9)10)18(15,16)11-5-2-8-17-11/h1-5,8H,6-7,13H2. The molecule has 1 aliphatic rings. The van der Waals surface area contributed by atoms with Gasteiger partial charge in [0.15, 0.2) is 0 Å². The van der Waals surface area contributed by atoms with Crippen LogP contribution in [-0.2, 0) is 16.4 Å². The first kappa shape index (κ1) is 11.6. The summed E-state index contributed by atoms with van der Waals surface area (Å²) in [5.74, 6) is 0. The van der Waals surface area contributed by atoms with Gasteiger partial charge in [-0.05, 0) is 29.5 Å². The zero-order chi connectivity index (χ0) is 12.8. The Morgan fingerprint density at radius 2 is 2.06 bits per heavy atom. The summed E-state index contributed by atoms with van der Waals surface area (Å²) in [6, 6.07) is 8.88. The molecule has 3 rings (SSSR count). The number of anilines is 2. The molecule has 2 aromatic rings. The first-order chi connectivity index (χ1) is 8.60. The number of nitrogens with two attached hydrogens (primary N) is 1. The van der Waals surface area contributed by atoms with Gasteiger partial charge in [0.25, 0.3) is 10.0 Å². The number of hydrogen-bond donors (Lipinski definition) is 1. The molecule has 0 atom stereocenters. The van der Waals surface area contributed by atoms with Gasteiger partial charge < -0.3 is 5.73 Å². The van der Waals surface area contributed by atoms with Crippen LogP contribution in [0.25, 0.3) is 0 Å². The lowest BCUT2D eigenvalue weighted by Gasteiger charge is -2.19. The predicted molar refractivity (Wildman–Crippen MR) is 73.4 cm³/mol. The van der Waals surface area contributed by atoms with Crippen molar-refractivity contribution in [1.29, 1.82) is 0 Å². The maximum Gasteiger partial charge on any atom is 0.273 e. The second kappa shape index (κ2) is 4.00. The van der Waals surface area contributed by atoms with Gasteiger partial charge in [-0.25, -0.2) is 8.42 Å². The number of thiophene rings is 1. The number of rotatable bonds is 2. The third-order valence-electron chi connectivity index (χ3n) is 3.02. The molecule has 0 saturated carbocycles. The minimum Gasteiger partial charge on any atom is -0.397 e. The van der Waals surface area contributed by atoms with Crippen LogP contribution in [0.1, 0.15) is 5.56 Å². The first-order valence-electron chi connectivity index (χ1n) is 5.54. The van der Waals surface area contributed by atoms with Crippen molar-refractivity contribution < 1.29 is 8.42 Å².